The average molecular weight is 744 g/mol. The SMILES string of the molecule is [2H]c1c([2H])c([2H])c(-c2c3ccccc3c(-c3cccc4c(-c5ccc6oc7ccccc7c6c5-c5ccc6c(c5)C(C)(C)c5ccccc5-6)cccc34)c3ccccc23)c([2H])c1[2H]. The molecular formula is C57H38O. The van der Waals surface area contributed by atoms with Crippen LogP contribution in [-0.4, -0.2) is 0 Å². The van der Waals surface area contributed by atoms with Gasteiger partial charge in [-0.25, -0.2) is 0 Å². The van der Waals surface area contributed by atoms with Crippen LogP contribution in [0.5, 0.6) is 0 Å². The highest BCUT2D eigenvalue weighted by Crippen LogP contribution is 2.52. The van der Waals surface area contributed by atoms with Gasteiger partial charge in [-0.15, -0.1) is 0 Å². The summed E-state index contributed by atoms with van der Waals surface area (Å²) < 4.78 is 50.1. The highest BCUT2D eigenvalue weighted by atomic mass is 16.3. The molecule has 0 fully saturated rings. The van der Waals surface area contributed by atoms with E-state index in [-0.39, 0.29) is 35.1 Å². The van der Waals surface area contributed by atoms with Crippen molar-refractivity contribution in [3.63, 3.8) is 0 Å². The van der Waals surface area contributed by atoms with E-state index in [9.17, 15) is 0 Å². The van der Waals surface area contributed by atoms with Crippen LogP contribution in [0.4, 0.5) is 0 Å². The molecule has 1 heteroatoms. The van der Waals surface area contributed by atoms with E-state index in [1.807, 2.05) is 48.5 Å². The van der Waals surface area contributed by atoms with Crippen LogP contribution in [0.3, 0.4) is 0 Å². The Bertz CT molecular complexity index is 3700. The van der Waals surface area contributed by atoms with Crippen LogP contribution in [0.15, 0.2) is 198 Å². The second-order valence-electron chi connectivity index (χ2n) is 15.9. The summed E-state index contributed by atoms with van der Waals surface area (Å²) in [6, 6.07) is 56.1. The predicted molar refractivity (Wildman–Crippen MR) is 246 cm³/mol. The van der Waals surface area contributed by atoms with Crippen molar-refractivity contribution in [1.82, 2.24) is 0 Å². The molecule has 0 N–H and O–H groups in total. The maximum atomic E-state index is 9.03. The number of hydrogen-bond donors (Lipinski definition) is 0. The molecule has 0 atom stereocenters. The molecule has 1 aliphatic rings. The van der Waals surface area contributed by atoms with Gasteiger partial charge in [-0.3, -0.25) is 0 Å². The lowest BCUT2D eigenvalue weighted by molar-refractivity contribution is 0.660. The van der Waals surface area contributed by atoms with Crippen LogP contribution in [-0.2, 0) is 5.41 Å². The molecule has 1 heterocycles. The van der Waals surface area contributed by atoms with E-state index in [2.05, 4.69) is 129 Å². The van der Waals surface area contributed by atoms with E-state index in [0.717, 1.165) is 87.6 Å². The zero-order chi connectivity index (χ0) is 42.9. The van der Waals surface area contributed by atoms with Crippen LogP contribution in [0.1, 0.15) is 31.8 Å². The lowest BCUT2D eigenvalue weighted by Gasteiger charge is -2.23. The van der Waals surface area contributed by atoms with Gasteiger partial charge in [0.1, 0.15) is 11.2 Å². The summed E-state index contributed by atoms with van der Waals surface area (Å²) in [5, 5.41) is 7.84. The molecule has 0 spiro atoms. The molecule has 0 amide bonds. The second kappa shape index (κ2) is 12.4. The standard InChI is InChI=1S/C57H38O/c1-57(2)49-28-12-10-18-40(49)41-31-30-36(34-50(41)57)54-47(32-33-52-56(54)48-23-11-13-29-51(48)58-52)39-26-14-25-38-37(39)24-15-27-42(38)55-45-21-8-6-19-43(45)53(35-16-4-3-5-17-35)44-20-7-9-22-46(44)55/h3-34H,1-2H3/i3D,4D,5D,16D,17D. The van der Waals surface area contributed by atoms with Gasteiger partial charge in [0.15, 0.2) is 0 Å². The van der Waals surface area contributed by atoms with E-state index in [0.29, 0.717) is 5.56 Å². The lowest BCUT2D eigenvalue weighted by atomic mass is 9.80. The number of rotatable bonds is 4. The van der Waals surface area contributed by atoms with Crippen LogP contribution in [0.25, 0.3) is 110 Å². The maximum absolute atomic E-state index is 9.03. The molecule has 12 rings (SSSR count). The van der Waals surface area contributed by atoms with Gasteiger partial charge < -0.3 is 4.42 Å². The molecule has 0 saturated heterocycles. The first-order chi connectivity index (χ1) is 30.6. The van der Waals surface area contributed by atoms with E-state index in [4.69, 9.17) is 11.3 Å². The summed E-state index contributed by atoms with van der Waals surface area (Å²) >= 11 is 0. The molecule has 58 heavy (non-hydrogen) atoms. The van der Waals surface area contributed by atoms with Gasteiger partial charge >= 0.3 is 0 Å². The van der Waals surface area contributed by atoms with Crippen molar-refractivity contribution in [2.45, 2.75) is 19.3 Å². The fraction of sp³-hybridized carbons (Fsp3) is 0.0526. The van der Waals surface area contributed by atoms with Crippen molar-refractivity contribution in [3.8, 4) is 55.6 Å². The Morgan fingerprint density at radius 1 is 0.379 bits per heavy atom. The van der Waals surface area contributed by atoms with Crippen LogP contribution >= 0.6 is 0 Å². The van der Waals surface area contributed by atoms with Crippen molar-refractivity contribution in [1.29, 1.82) is 0 Å². The Hall–Kier alpha value is -7.22. The average Bonchev–Trinajstić information content (AvgIpc) is 3.81. The molecule has 0 aliphatic heterocycles. The van der Waals surface area contributed by atoms with Crippen molar-refractivity contribution in [3.05, 3.63) is 205 Å². The molecule has 0 unspecified atom stereocenters. The molecule has 272 valence electrons. The first-order valence-corrected chi connectivity index (χ1v) is 19.9. The summed E-state index contributed by atoms with van der Waals surface area (Å²) in [6.45, 7) is 4.65. The van der Waals surface area contributed by atoms with Crippen LogP contribution in [0, 0.1) is 0 Å². The summed E-state index contributed by atoms with van der Waals surface area (Å²) in [4.78, 5) is 0. The smallest absolute Gasteiger partial charge is 0.136 e. The van der Waals surface area contributed by atoms with Gasteiger partial charge in [-0.05, 0) is 118 Å². The van der Waals surface area contributed by atoms with E-state index >= 15 is 0 Å². The van der Waals surface area contributed by atoms with Gasteiger partial charge in [0, 0.05) is 21.8 Å². The zero-order valence-electron chi connectivity index (χ0n) is 37.0. The quantitative estimate of drug-likeness (QED) is 0.164. The Balaban J connectivity index is 1.14. The molecule has 1 nitrogen and oxygen atoms in total. The van der Waals surface area contributed by atoms with Crippen LogP contribution in [0.2, 0.25) is 0 Å². The molecule has 1 aromatic heterocycles. The number of para-hydroxylation sites is 1. The van der Waals surface area contributed by atoms with Gasteiger partial charge in [-0.2, -0.15) is 0 Å². The largest absolute Gasteiger partial charge is 0.456 e. The summed E-state index contributed by atoms with van der Waals surface area (Å²) in [6.07, 6.45) is 0. The molecule has 0 saturated carbocycles. The molecule has 10 aromatic carbocycles. The predicted octanol–water partition coefficient (Wildman–Crippen LogP) is 16.0. The van der Waals surface area contributed by atoms with Crippen molar-refractivity contribution < 1.29 is 11.3 Å². The fourth-order valence-corrected chi connectivity index (χ4v) is 10.0. The molecule has 1 aliphatic carbocycles. The minimum Gasteiger partial charge on any atom is -0.456 e. The highest BCUT2D eigenvalue weighted by molar-refractivity contribution is 6.24. The molecule has 0 radical (unpaired) electrons. The first kappa shape index (κ1) is 28.2. The van der Waals surface area contributed by atoms with Crippen molar-refractivity contribution in [2.24, 2.45) is 0 Å². The topological polar surface area (TPSA) is 13.1 Å². The van der Waals surface area contributed by atoms with Gasteiger partial charge in [0.25, 0.3) is 0 Å². The lowest BCUT2D eigenvalue weighted by Crippen LogP contribution is -2.14. The Labute approximate surface area is 344 Å². The third-order valence-corrected chi connectivity index (χ3v) is 12.6. The molecule has 11 aromatic rings. The van der Waals surface area contributed by atoms with Gasteiger partial charge in [0.2, 0.25) is 0 Å². The summed E-state index contributed by atoms with van der Waals surface area (Å²) in [5.74, 6) is 0. The Morgan fingerprint density at radius 3 is 1.67 bits per heavy atom. The number of fused-ring (bicyclic) bond motifs is 9. The fourth-order valence-electron chi connectivity index (χ4n) is 10.0. The number of furan rings is 1. The van der Waals surface area contributed by atoms with E-state index in [1.165, 1.54) is 22.3 Å². The third-order valence-electron chi connectivity index (χ3n) is 12.6. The zero-order valence-corrected chi connectivity index (χ0v) is 32.0. The minimum absolute atomic E-state index is 0.174. The monoisotopic (exact) mass is 743 g/mol. The Morgan fingerprint density at radius 2 is 0.931 bits per heavy atom. The number of hydrogen-bond acceptors (Lipinski definition) is 1. The van der Waals surface area contributed by atoms with Crippen molar-refractivity contribution >= 4 is 54.3 Å². The molecular weight excluding hydrogens is 701 g/mol. The maximum Gasteiger partial charge on any atom is 0.136 e. The summed E-state index contributed by atoms with van der Waals surface area (Å²) in [5.41, 5.74) is 14.1. The number of benzene rings is 10. The van der Waals surface area contributed by atoms with Gasteiger partial charge in [0.05, 0.1) is 6.85 Å². The normalized spacial score (nSPS) is 14.3. The molecule has 0 bridgehead atoms. The van der Waals surface area contributed by atoms with Gasteiger partial charge in [-0.1, -0.05) is 184 Å². The van der Waals surface area contributed by atoms with E-state index < -0.39 is 6.04 Å². The Kier molecular flexibility index (Phi) is 6.03. The highest BCUT2D eigenvalue weighted by Gasteiger charge is 2.35. The first-order valence-electron chi connectivity index (χ1n) is 22.4. The van der Waals surface area contributed by atoms with Crippen LogP contribution < -0.4 is 0 Å². The summed E-state index contributed by atoms with van der Waals surface area (Å²) in [7, 11) is 0. The van der Waals surface area contributed by atoms with Crippen molar-refractivity contribution in [2.75, 3.05) is 0 Å². The second-order valence-corrected chi connectivity index (χ2v) is 15.9. The third kappa shape index (κ3) is 4.65. The minimum atomic E-state index is -0.403. The van der Waals surface area contributed by atoms with E-state index in [1.54, 1.807) is 0 Å².